The largest absolute Gasteiger partial charge is 0.460 e. The molecule has 2 bridgehead atoms. The first-order valence-electron chi connectivity index (χ1n) is 51.0. The number of carbonyl (C=O) groups is 18. The summed E-state index contributed by atoms with van der Waals surface area (Å²) in [6, 6.07) is -6.75. The summed E-state index contributed by atoms with van der Waals surface area (Å²) in [5.74, 6) is -23.3. The van der Waals surface area contributed by atoms with Crippen LogP contribution in [-0.4, -0.2) is 280 Å². The van der Waals surface area contributed by atoms with Gasteiger partial charge in [-0.3, -0.25) is 81.4 Å². The highest BCUT2D eigenvalue weighted by Crippen LogP contribution is 2.41. The lowest BCUT2D eigenvalue weighted by atomic mass is 9.76. The van der Waals surface area contributed by atoms with Gasteiger partial charge in [0.2, 0.25) is 68.9 Å². The maximum atomic E-state index is 14.2. The molecule has 0 aromatic carbocycles. The topological polar surface area (TPSA) is 600 Å². The molecule has 15 N–H and O–H groups in total. The van der Waals surface area contributed by atoms with Crippen molar-refractivity contribution in [1.29, 1.82) is 0 Å². The Balaban J connectivity index is 0.000000431. The van der Waals surface area contributed by atoms with Crippen molar-refractivity contribution in [3.63, 3.8) is 0 Å². The smallest absolute Gasteiger partial charge is 0.329 e. The number of aliphatic hydroxyl groups excluding tert-OH is 2. The van der Waals surface area contributed by atoms with Crippen LogP contribution in [0.5, 0.6) is 0 Å². The molecule has 11 amide bonds. The van der Waals surface area contributed by atoms with E-state index in [2.05, 4.69) is 42.5 Å². The van der Waals surface area contributed by atoms with Crippen LogP contribution in [0.15, 0.2) is 0 Å². The van der Waals surface area contributed by atoms with Crippen molar-refractivity contribution in [3.8, 4) is 0 Å². The third-order valence-corrected chi connectivity index (χ3v) is 30.0. The molecule has 0 spiro atoms. The maximum Gasteiger partial charge on any atom is 0.329 e. The Morgan fingerprint density at radius 1 is 0.636 bits per heavy atom. The fraction of sp³-hybridized carbons (Fsp3) is 0.818. The molecule has 7 aliphatic rings. The number of nitrogens with two attached hydrogens (primary N) is 1. The lowest BCUT2D eigenvalue weighted by molar-refractivity contribution is -0.263. The molecule has 40 nitrogen and oxygen atoms in total. The molecule has 2 aliphatic carbocycles. The predicted octanol–water partition coefficient (Wildman–Crippen LogP) is 3.70. The predicted molar refractivity (Wildman–Crippen MR) is 513 cm³/mol. The van der Waals surface area contributed by atoms with Gasteiger partial charge < -0.3 is 97.4 Å². The Bertz CT molecular complexity index is 4380. The first kappa shape index (κ1) is 120. The molecule has 140 heavy (non-hydrogen) atoms. The van der Waals surface area contributed by atoms with Gasteiger partial charge in [0.25, 0.3) is 29.3 Å². The Kier molecular flexibility index (Phi) is 48.3. The molecule has 5 aliphatic heterocycles. The van der Waals surface area contributed by atoms with Crippen molar-refractivity contribution in [1.82, 2.24) is 57.1 Å². The second-order valence-corrected chi connectivity index (χ2v) is 44.2. The standard InChI is InChI=1S/C50H85N7O15S.C49H79N5O13/c1-10-73(69,70)56-47(65)38(21-28(2)3)55-45(63)33(9)54-46(64)37(29(4)5)24-35(58)27-53-43(61)26-41(31(7)23-34-15-17-40(59)30(6)22-34)71-49(67)39-13-11-12-20-57(39)48(66)44(62)50(68)32(8)14-16-36(72-50)25-42(60)52-19-18-51;1-27(2)20-37-40(57)13-11-18-50-42(58)24-35-16-14-31(7)49(65,67-35)44(60)47(63)54-19-10-9-12-38(54)48(64)66-41(30(6)22-33-15-17-39(56)29(5)21-33)25-43(59)51-26-34(55)23-36(28(3)4)46(62)52-32(8)45(61)53-37/h28-34,36-41,59,68H,10-27,51H2,1-9H3,(H,52,60)(H,53,61)(H,54,64)(H,55,63)(H,56,65);27-33,35-39,41,56,65H,9-26H2,1-8H3,(H,50,58)(H,51,59)(H,52,62)(H,53,61)/t30-,31-,32-,33+,34-,36+,37+,38+,39+,40-,41+,50?;29-,30-,31-,32+,33-,35+,36+,37+,38+,39-,41+,49?/m11/s1. The van der Waals surface area contributed by atoms with E-state index < -0.39 is 243 Å². The number of piperidine rings is 2. The van der Waals surface area contributed by atoms with Gasteiger partial charge in [0.15, 0.2) is 17.3 Å². The summed E-state index contributed by atoms with van der Waals surface area (Å²) in [5.41, 5.74) is 5.48. The maximum absolute atomic E-state index is 14.2. The highest BCUT2D eigenvalue weighted by molar-refractivity contribution is 7.90. The summed E-state index contributed by atoms with van der Waals surface area (Å²) >= 11 is 0. The van der Waals surface area contributed by atoms with Crippen molar-refractivity contribution in [2.45, 2.75) is 382 Å². The van der Waals surface area contributed by atoms with Crippen LogP contribution < -0.4 is 53.0 Å². The molecule has 7 rings (SSSR count). The zero-order valence-corrected chi connectivity index (χ0v) is 86.3. The van der Waals surface area contributed by atoms with E-state index in [1.807, 2.05) is 46.3 Å². The number of sulfonamides is 1. The number of hydrogen-bond acceptors (Lipinski definition) is 29. The molecule has 2 saturated carbocycles. The number of ketones is 5. The van der Waals surface area contributed by atoms with Crippen LogP contribution in [0.4, 0.5) is 0 Å². The lowest BCUT2D eigenvalue weighted by Crippen LogP contribution is -2.61. The summed E-state index contributed by atoms with van der Waals surface area (Å²) in [5, 5.41) is 65.3. The molecular weight excluding hydrogens is 1840 g/mol. The van der Waals surface area contributed by atoms with Crippen LogP contribution >= 0.6 is 0 Å². The van der Waals surface area contributed by atoms with Crippen LogP contribution in [0, 0.1) is 82.9 Å². The average molecular weight is 2000 g/mol. The summed E-state index contributed by atoms with van der Waals surface area (Å²) in [6.07, 6.45) is 2.94. The Labute approximate surface area is 825 Å². The fourth-order valence-electron chi connectivity index (χ4n) is 19.7. The lowest BCUT2D eigenvalue weighted by Gasteiger charge is -2.42. The normalized spacial score (nSPS) is 29.7. The highest BCUT2D eigenvalue weighted by atomic mass is 32.2. The van der Waals surface area contributed by atoms with Gasteiger partial charge in [-0.2, -0.15) is 0 Å². The number of rotatable bonds is 33. The zero-order chi connectivity index (χ0) is 105. The highest BCUT2D eigenvalue weighted by Gasteiger charge is 2.56. The van der Waals surface area contributed by atoms with E-state index in [9.17, 15) is 115 Å². The van der Waals surface area contributed by atoms with Gasteiger partial charge in [-0.15, -0.1) is 0 Å². The summed E-state index contributed by atoms with van der Waals surface area (Å²) < 4.78 is 50.0. The molecule has 2 unspecified atom stereocenters. The zero-order valence-electron chi connectivity index (χ0n) is 85.4. The molecular formula is C99H164N12O28S. The quantitative estimate of drug-likeness (QED) is 0.0329. The number of esters is 2. The third-order valence-electron chi connectivity index (χ3n) is 28.7. The second kappa shape index (κ2) is 56.4. The molecule has 0 radical (unpaired) electrons. The van der Waals surface area contributed by atoms with Crippen LogP contribution in [-0.2, 0) is 115 Å². The minimum Gasteiger partial charge on any atom is -0.460 e. The van der Waals surface area contributed by atoms with Gasteiger partial charge in [-0.1, -0.05) is 96.9 Å². The summed E-state index contributed by atoms with van der Waals surface area (Å²) in [4.78, 5) is 246. The minimum absolute atomic E-state index is 0.00278. The van der Waals surface area contributed by atoms with Crippen molar-refractivity contribution in [2.75, 3.05) is 51.6 Å². The van der Waals surface area contributed by atoms with Gasteiger partial charge in [-0.05, 0) is 215 Å². The summed E-state index contributed by atoms with van der Waals surface area (Å²) in [7, 11) is -3.91. The number of likely N-dealkylation sites (tertiary alicyclic amines) is 1. The van der Waals surface area contributed by atoms with E-state index in [1.165, 1.54) is 20.8 Å². The monoisotopic (exact) mass is 2000 g/mol. The third kappa shape index (κ3) is 36.8. The molecule has 0 aromatic rings. The average Bonchev–Trinajstić information content (AvgIpc) is 0.773. The Hall–Kier alpha value is -8.87. The number of carbonyl (C=O) groups excluding carboxylic acids is 18. The van der Waals surface area contributed by atoms with Gasteiger partial charge in [-0.25, -0.2) is 18.0 Å². The SMILES string of the molecule is CC(C)C[C@@H]1NC(=O)[C@H](C)NC(=O)[C@H](C(C)C)CC(=O)CNC(=O)C[C@@H]([C@H](C)C[C@@H]2CC[C@@H](O)[C@H](C)C2)OC(=O)[C@@H]2CCCCN2C(=O)C(=O)C2(O)O[C@@H](CC[C@H]2C)CC(=O)NCCCC1=O.CCS(=O)(=O)NC(=O)[C@H](CC(C)C)NC(=O)[C@H](C)NC(=O)[C@@H](CC(=O)CNC(=O)C[C@H](OC(=O)[C@@H]1CCCCN1C(=O)C(=O)C1(O)O[C@H](CC(=O)NCCN)CC[C@H]1C)[C@H](C)C[C@@H]1CC[C@@H](O)[C@H](C)C1)C(C)C. The van der Waals surface area contributed by atoms with Crippen LogP contribution in [0.25, 0.3) is 0 Å². The van der Waals surface area contributed by atoms with E-state index in [-0.39, 0.29) is 175 Å². The number of fused-ring (bicyclic) bond motifs is 3. The van der Waals surface area contributed by atoms with E-state index >= 15 is 0 Å². The number of ether oxygens (including phenoxy) is 4. The second-order valence-electron chi connectivity index (χ2n) is 42.2. The van der Waals surface area contributed by atoms with Crippen molar-refractivity contribution < 1.29 is 134 Å². The van der Waals surface area contributed by atoms with E-state index in [0.717, 1.165) is 22.6 Å². The van der Waals surface area contributed by atoms with Crippen molar-refractivity contribution in [3.05, 3.63) is 0 Å². The van der Waals surface area contributed by atoms with Crippen LogP contribution in [0.3, 0.4) is 0 Å². The number of Topliss-reactive ketones (excluding diaryl/α,β-unsaturated/α-hetero) is 5. The van der Waals surface area contributed by atoms with Crippen LogP contribution in [0.1, 0.15) is 297 Å². The molecule has 794 valence electrons. The molecule has 0 aromatic heterocycles. The molecule has 24 atom stereocenters. The number of cyclic esters (lactones) is 1. The van der Waals surface area contributed by atoms with Gasteiger partial charge in [0.05, 0.1) is 75.0 Å². The van der Waals surface area contributed by atoms with Crippen LogP contribution in [0.2, 0.25) is 0 Å². The number of aliphatic hydroxyl groups is 4. The number of amides is 11. The minimum atomic E-state index is -3.91. The van der Waals surface area contributed by atoms with Gasteiger partial charge in [0, 0.05) is 75.7 Å². The number of hydrogen-bond donors (Lipinski definition) is 14. The Morgan fingerprint density at radius 2 is 1.26 bits per heavy atom. The first-order valence-corrected chi connectivity index (χ1v) is 52.6. The molecule has 5 saturated heterocycles. The van der Waals surface area contributed by atoms with Gasteiger partial charge in [0.1, 0.15) is 42.4 Å². The molecule has 5 heterocycles. The van der Waals surface area contributed by atoms with E-state index in [0.29, 0.717) is 83.5 Å². The number of nitrogens with zero attached hydrogens (tertiary/aromatic N) is 2. The molecule has 7 fully saturated rings. The van der Waals surface area contributed by atoms with Crippen molar-refractivity contribution >= 4 is 116 Å². The number of nitrogens with one attached hydrogen (secondary N) is 9. The van der Waals surface area contributed by atoms with Crippen molar-refractivity contribution in [2.24, 2.45) is 88.6 Å². The first-order chi connectivity index (χ1) is 65.6. The summed E-state index contributed by atoms with van der Waals surface area (Å²) in [6.45, 7) is 29.0. The van der Waals surface area contributed by atoms with E-state index in [1.54, 1.807) is 55.4 Å². The molecule has 41 heteroatoms. The van der Waals surface area contributed by atoms with E-state index in [4.69, 9.17) is 24.7 Å². The fourth-order valence-corrected chi connectivity index (χ4v) is 20.2. The Morgan fingerprint density at radius 3 is 1.88 bits per heavy atom. The van der Waals surface area contributed by atoms with Gasteiger partial charge >= 0.3 is 11.9 Å².